The molecule has 4 heterocycles. The molecular formula is C27H29F2N7O6. The summed E-state index contributed by atoms with van der Waals surface area (Å²) in [5, 5.41) is 2.67. The third-order valence-corrected chi connectivity index (χ3v) is 7.13. The molecule has 2 aromatic heterocycles. The smallest absolute Gasteiger partial charge is 0.414 e. The second kappa shape index (κ2) is 12.4. The Bertz CT molecular complexity index is 1450. The van der Waals surface area contributed by atoms with E-state index in [0.717, 1.165) is 17.0 Å². The number of ether oxygens (including phenoxy) is 2. The van der Waals surface area contributed by atoms with Crippen LogP contribution in [0, 0.1) is 11.6 Å². The maximum atomic E-state index is 15.1. The number of amides is 3. The Labute approximate surface area is 239 Å². The van der Waals surface area contributed by atoms with Crippen molar-refractivity contribution in [3.05, 3.63) is 54.1 Å². The Hall–Kier alpha value is -4.82. The maximum absolute atomic E-state index is 15.1. The van der Waals surface area contributed by atoms with Crippen molar-refractivity contribution in [2.24, 2.45) is 0 Å². The Morgan fingerprint density at radius 1 is 1.12 bits per heavy atom. The zero-order valence-electron chi connectivity index (χ0n) is 22.8. The summed E-state index contributed by atoms with van der Waals surface area (Å²) >= 11 is 0. The largest absolute Gasteiger partial charge is 0.469 e. The molecule has 2 fully saturated rings. The van der Waals surface area contributed by atoms with Crippen LogP contribution in [0.5, 0.6) is 0 Å². The molecule has 0 spiro atoms. The second-order valence-corrected chi connectivity index (χ2v) is 9.82. The van der Waals surface area contributed by atoms with Crippen LogP contribution in [0.3, 0.4) is 0 Å². The zero-order valence-corrected chi connectivity index (χ0v) is 22.8. The van der Waals surface area contributed by atoms with Crippen LogP contribution >= 0.6 is 0 Å². The average molecular weight is 586 g/mol. The van der Waals surface area contributed by atoms with Gasteiger partial charge in [0, 0.05) is 76.3 Å². The molecule has 13 nitrogen and oxygen atoms in total. The van der Waals surface area contributed by atoms with Gasteiger partial charge in [-0.1, -0.05) is 0 Å². The number of hydrogen-bond donors (Lipinski definition) is 1. The molecule has 222 valence electrons. The number of hydrogen-bond acceptors (Lipinski definition) is 9. The van der Waals surface area contributed by atoms with Crippen molar-refractivity contribution in [3.8, 4) is 0 Å². The summed E-state index contributed by atoms with van der Waals surface area (Å²) in [5.41, 5.74) is -0.0465. The zero-order chi connectivity index (χ0) is 29.8. The number of anilines is 2. The quantitative estimate of drug-likeness (QED) is 0.372. The number of fused-ring (bicyclic) bond motifs is 1. The van der Waals surface area contributed by atoms with E-state index in [4.69, 9.17) is 4.74 Å². The second-order valence-electron chi connectivity index (χ2n) is 9.82. The minimum atomic E-state index is -0.847. The van der Waals surface area contributed by atoms with Crippen molar-refractivity contribution in [3.63, 3.8) is 0 Å². The van der Waals surface area contributed by atoms with Crippen LogP contribution in [0.4, 0.5) is 25.0 Å². The minimum Gasteiger partial charge on any atom is -0.469 e. The topological polar surface area (TPSA) is 139 Å². The van der Waals surface area contributed by atoms with Gasteiger partial charge in [-0.25, -0.2) is 23.5 Å². The highest BCUT2D eigenvalue weighted by molar-refractivity contribution is 5.93. The number of benzene rings is 1. The van der Waals surface area contributed by atoms with Crippen molar-refractivity contribution in [1.29, 1.82) is 0 Å². The number of nitrogens with one attached hydrogen (secondary N) is 1. The fraction of sp³-hybridized carbons (Fsp3) is 0.407. The molecule has 1 aromatic carbocycles. The van der Waals surface area contributed by atoms with E-state index in [1.807, 2.05) is 0 Å². The Balaban J connectivity index is 1.11. The molecule has 2 saturated heterocycles. The van der Waals surface area contributed by atoms with Crippen molar-refractivity contribution in [2.45, 2.75) is 25.4 Å². The van der Waals surface area contributed by atoms with E-state index in [-0.39, 0.29) is 81.5 Å². The van der Waals surface area contributed by atoms with Crippen LogP contribution in [0.1, 0.15) is 29.8 Å². The van der Waals surface area contributed by atoms with Gasteiger partial charge in [0.15, 0.2) is 11.6 Å². The number of halogens is 2. The number of piperazine rings is 1. The van der Waals surface area contributed by atoms with E-state index in [0.29, 0.717) is 5.78 Å². The lowest BCUT2D eigenvalue weighted by Crippen LogP contribution is -2.49. The monoisotopic (exact) mass is 585 g/mol. The molecule has 0 saturated carbocycles. The van der Waals surface area contributed by atoms with Gasteiger partial charge in [-0.3, -0.25) is 23.7 Å². The number of methoxy groups -OCH3 is 1. The first-order valence-corrected chi connectivity index (χ1v) is 13.4. The van der Waals surface area contributed by atoms with E-state index in [2.05, 4.69) is 20.0 Å². The molecular weight excluding hydrogens is 556 g/mol. The van der Waals surface area contributed by atoms with Gasteiger partial charge >= 0.3 is 12.1 Å². The van der Waals surface area contributed by atoms with Crippen LogP contribution in [0.25, 0.3) is 5.78 Å². The molecule has 3 amide bonds. The third kappa shape index (κ3) is 6.24. The molecule has 1 N–H and O–H groups in total. The van der Waals surface area contributed by atoms with Crippen molar-refractivity contribution >= 4 is 41.0 Å². The van der Waals surface area contributed by atoms with Crippen molar-refractivity contribution in [1.82, 2.24) is 24.6 Å². The number of carbonyl (C=O) groups excluding carboxylic acids is 4. The molecule has 42 heavy (non-hydrogen) atoms. The lowest BCUT2D eigenvalue weighted by atomic mass is 10.1. The maximum Gasteiger partial charge on any atom is 0.414 e. The summed E-state index contributed by atoms with van der Waals surface area (Å²) in [5.74, 6) is -2.37. The van der Waals surface area contributed by atoms with Gasteiger partial charge < -0.3 is 24.6 Å². The number of cyclic esters (lactones) is 1. The summed E-state index contributed by atoms with van der Waals surface area (Å²) in [7, 11) is 1.26. The summed E-state index contributed by atoms with van der Waals surface area (Å²) in [6.45, 7) is 1.03. The predicted molar refractivity (Wildman–Crippen MR) is 144 cm³/mol. The van der Waals surface area contributed by atoms with Gasteiger partial charge in [-0.2, -0.15) is 0 Å². The normalized spacial score (nSPS) is 17.0. The molecule has 3 aromatic rings. The van der Waals surface area contributed by atoms with Crippen LogP contribution < -0.4 is 15.1 Å². The first-order valence-electron chi connectivity index (χ1n) is 13.4. The fourth-order valence-electron chi connectivity index (χ4n) is 4.92. The number of nitrogens with zero attached hydrogens (tertiary/aromatic N) is 6. The fourth-order valence-corrected chi connectivity index (χ4v) is 4.92. The number of esters is 1. The van der Waals surface area contributed by atoms with E-state index in [1.54, 1.807) is 34.0 Å². The van der Waals surface area contributed by atoms with E-state index < -0.39 is 35.7 Å². The molecule has 0 unspecified atom stereocenters. The molecule has 0 aliphatic carbocycles. The van der Waals surface area contributed by atoms with Crippen LogP contribution in [0.15, 0.2) is 36.8 Å². The number of rotatable bonds is 9. The summed E-state index contributed by atoms with van der Waals surface area (Å²) in [6.07, 6.45) is 3.81. The number of imidazole rings is 1. The first kappa shape index (κ1) is 28.7. The van der Waals surface area contributed by atoms with Gasteiger partial charge in [0.05, 0.1) is 19.3 Å². The Kier molecular flexibility index (Phi) is 8.45. The van der Waals surface area contributed by atoms with Gasteiger partial charge in [0.1, 0.15) is 17.5 Å². The average Bonchev–Trinajstić information content (AvgIpc) is 3.59. The molecule has 2 aliphatic heterocycles. The van der Waals surface area contributed by atoms with Crippen LogP contribution in [-0.2, 0) is 19.1 Å². The summed E-state index contributed by atoms with van der Waals surface area (Å²) in [6, 6.07) is 3.86. The molecule has 5 rings (SSSR count). The van der Waals surface area contributed by atoms with E-state index >= 15 is 8.78 Å². The first-order chi connectivity index (χ1) is 20.2. The lowest BCUT2D eigenvalue weighted by Gasteiger charge is -2.36. The SMILES string of the molecule is COC(=O)CC[C@H]1CN(c2cc(F)c(N3CCN(C(=O)CCNC(=O)c4cn5cccnc5n4)CC3)c(F)c2)C(=O)O1. The minimum absolute atomic E-state index is 0.00934. The van der Waals surface area contributed by atoms with Crippen molar-refractivity contribution < 1.29 is 37.4 Å². The van der Waals surface area contributed by atoms with Gasteiger partial charge in [0.25, 0.3) is 5.91 Å². The van der Waals surface area contributed by atoms with Gasteiger partial charge in [-0.15, -0.1) is 0 Å². The standard InChI is InChI=1S/C27H29F2N7O6/c1-41-23(38)4-3-18-15-36(27(40)42-18)17-13-19(28)24(20(29)14-17)34-11-9-33(10-12-34)22(37)5-7-30-25(39)21-16-35-8-2-6-31-26(35)32-21/h2,6,8,13-14,16,18H,3-5,7,9-12,15H2,1H3,(H,30,39)/t18-/m0/s1. The third-order valence-electron chi connectivity index (χ3n) is 7.13. The highest BCUT2D eigenvalue weighted by atomic mass is 19.1. The van der Waals surface area contributed by atoms with Gasteiger partial charge in [0.2, 0.25) is 11.7 Å². The Morgan fingerprint density at radius 3 is 2.55 bits per heavy atom. The van der Waals surface area contributed by atoms with E-state index in [9.17, 15) is 19.2 Å². The van der Waals surface area contributed by atoms with E-state index in [1.165, 1.54) is 12.0 Å². The molecule has 1 atom stereocenters. The molecule has 15 heteroatoms. The summed E-state index contributed by atoms with van der Waals surface area (Å²) in [4.78, 5) is 61.1. The number of aromatic nitrogens is 3. The highest BCUT2D eigenvalue weighted by Crippen LogP contribution is 2.32. The summed E-state index contributed by atoms with van der Waals surface area (Å²) < 4.78 is 41.7. The lowest BCUT2D eigenvalue weighted by molar-refractivity contribution is -0.141. The Morgan fingerprint density at radius 2 is 1.86 bits per heavy atom. The molecule has 2 aliphatic rings. The van der Waals surface area contributed by atoms with Crippen LogP contribution in [0.2, 0.25) is 0 Å². The van der Waals surface area contributed by atoms with Crippen molar-refractivity contribution in [2.75, 3.05) is 56.2 Å². The predicted octanol–water partition coefficient (Wildman–Crippen LogP) is 1.75. The van der Waals surface area contributed by atoms with Gasteiger partial charge in [-0.05, 0) is 12.5 Å². The number of carbonyl (C=O) groups is 4. The molecule has 0 bridgehead atoms. The van der Waals surface area contributed by atoms with Crippen LogP contribution in [-0.4, -0.2) is 95.6 Å². The highest BCUT2D eigenvalue weighted by Gasteiger charge is 2.34. The molecule has 0 radical (unpaired) electrons.